The van der Waals surface area contributed by atoms with Gasteiger partial charge in [0.2, 0.25) is 0 Å². The van der Waals surface area contributed by atoms with Crippen molar-refractivity contribution in [3.8, 4) is 0 Å². The molecule has 1 N–H and O–H groups in total. The predicted octanol–water partition coefficient (Wildman–Crippen LogP) is 4.84. The van der Waals surface area contributed by atoms with Gasteiger partial charge in [-0.15, -0.1) is 0 Å². The summed E-state index contributed by atoms with van der Waals surface area (Å²) in [6, 6.07) is 17.5. The van der Waals surface area contributed by atoms with Gasteiger partial charge in [0.1, 0.15) is 5.82 Å². The Balaban J connectivity index is 2.09. The van der Waals surface area contributed by atoms with Crippen LogP contribution in [-0.4, -0.2) is 6.54 Å². The van der Waals surface area contributed by atoms with Gasteiger partial charge < -0.3 is 5.32 Å². The number of rotatable bonds is 6. The minimum atomic E-state index is -0.130. The van der Waals surface area contributed by atoms with E-state index < -0.39 is 0 Å². The first-order chi connectivity index (χ1) is 10.0. The molecule has 2 aromatic rings. The first-order valence-electron chi connectivity index (χ1n) is 7.58. The van der Waals surface area contributed by atoms with E-state index in [2.05, 4.69) is 50.4 Å². The van der Waals surface area contributed by atoms with Crippen molar-refractivity contribution in [2.75, 3.05) is 6.54 Å². The summed E-state index contributed by atoms with van der Waals surface area (Å²) in [6.45, 7) is 7.32. The first-order valence-corrected chi connectivity index (χ1v) is 7.58. The maximum atomic E-state index is 13.9. The van der Waals surface area contributed by atoms with Gasteiger partial charge in [-0.25, -0.2) is 4.39 Å². The third-order valence-electron chi connectivity index (χ3n) is 4.03. The molecule has 0 fully saturated rings. The van der Waals surface area contributed by atoms with Gasteiger partial charge in [-0.1, -0.05) is 69.3 Å². The predicted molar refractivity (Wildman–Crippen MR) is 86.9 cm³/mol. The fourth-order valence-electron chi connectivity index (χ4n) is 2.60. The Labute approximate surface area is 127 Å². The number of hydrogen-bond acceptors (Lipinski definition) is 1. The molecule has 21 heavy (non-hydrogen) atoms. The molecule has 2 aromatic carbocycles. The number of hydrogen-bond donors (Lipinski definition) is 1. The molecule has 0 heterocycles. The van der Waals surface area contributed by atoms with E-state index in [-0.39, 0.29) is 17.3 Å². The highest BCUT2D eigenvalue weighted by atomic mass is 19.1. The van der Waals surface area contributed by atoms with E-state index in [1.54, 1.807) is 6.07 Å². The van der Waals surface area contributed by atoms with Gasteiger partial charge in [0.15, 0.2) is 0 Å². The van der Waals surface area contributed by atoms with Crippen molar-refractivity contribution in [3.05, 3.63) is 71.5 Å². The Morgan fingerprint density at radius 1 is 1.00 bits per heavy atom. The Morgan fingerprint density at radius 2 is 1.62 bits per heavy atom. The van der Waals surface area contributed by atoms with Crippen LogP contribution >= 0.6 is 0 Å². The summed E-state index contributed by atoms with van der Waals surface area (Å²) in [5.74, 6) is -0.130. The Kier molecular flexibility index (Phi) is 5.13. The third-order valence-corrected chi connectivity index (χ3v) is 4.03. The minimum absolute atomic E-state index is 0.0138. The van der Waals surface area contributed by atoms with Gasteiger partial charge in [0, 0.05) is 23.6 Å². The lowest BCUT2D eigenvalue weighted by molar-refractivity contribution is 0.407. The van der Waals surface area contributed by atoms with Gasteiger partial charge in [-0.3, -0.25) is 0 Å². The van der Waals surface area contributed by atoms with Crippen LogP contribution in [-0.2, 0) is 5.41 Å². The standard InChI is InChI=1S/C19H24FN/c1-4-18(16-12-8-9-13-17(16)20)21-14-19(2,3)15-10-6-5-7-11-15/h5-13,18,21H,4,14H2,1-3H3. The fourth-order valence-corrected chi connectivity index (χ4v) is 2.60. The molecule has 0 amide bonds. The maximum Gasteiger partial charge on any atom is 0.127 e. The fraction of sp³-hybridized carbons (Fsp3) is 0.368. The normalized spacial score (nSPS) is 13.1. The van der Waals surface area contributed by atoms with Crippen molar-refractivity contribution in [2.24, 2.45) is 0 Å². The largest absolute Gasteiger partial charge is 0.309 e. The van der Waals surface area contributed by atoms with Crippen molar-refractivity contribution >= 4 is 0 Å². The quantitative estimate of drug-likeness (QED) is 0.800. The third kappa shape index (κ3) is 3.92. The lowest BCUT2D eigenvalue weighted by Crippen LogP contribution is -2.35. The van der Waals surface area contributed by atoms with Crippen LogP contribution in [0.1, 0.15) is 44.4 Å². The molecule has 0 radical (unpaired) electrons. The highest BCUT2D eigenvalue weighted by molar-refractivity contribution is 5.25. The monoisotopic (exact) mass is 285 g/mol. The van der Waals surface area contributed by atoms with Gasteiger partial charge in [0.05, 0.1) is 0 Å². The van der Waals surface area contributed by atoms with E-state index in [0.717, 1.165) is 18.5 Å². The van der Waals surface area contributed by atoms with E-state index in [0.29, 0.717) is 0 Å². The number of benzene rings is 2. The van der Waals surface area contributed by atoms with Gasteiger partial charge in [0.25, 0.3) is 0 Å². The molecular weight excluding hydrogens is 261 g/mol. The van der Waals surface area contributed by atoms with E-state index >= 15 is 0 Å². The zero-order chi connectivity index (χ0) is 15.3. The van der Waals surface area contributed by atoms with Crippen molar-refractivity contribution in [1.29, 1.82) is 0 Å². The van der Waals surface area contributed by atoms with Crippen LogP contribution in [0.2, 0.25) is 0 Å². The van der Waals surface area contributed by atoms with E-state index in [9.17, 15) is 4.39 Å². The Hall–Kier alpha value is -1.67. The molecular formula is C19H24FN. The van der Waals surface area contributed by atoms with Crippen LogP contribution in [0.5, 0.6) is 0 Å². The van der Waals surface area contributed by atoms with Crippen molar-refractivity contribution in [1.82, 2.24) is 5.32 Å². The van der Waals surface area contributed by atoms with E-state index in [4.69, 9.17) is 0 Å². The molecule has 1 nitrogen and oxygen atoms in total. The summed E-state index contributed by atoms with van der Waals surface area (Å²) >= 11 is 0. The van der Waals surface area contributed by atoms with E-state index in [1.807, 2.05) is 18.2 Å². The second-order valence-corrected chi connectivity index (χ2v) is 6.11. The smallest absolute Gasteiger partial charge is 0.127 e. The topological polar surface area (TPSA) is 12.0 Å². The number of nitrogens with one attached hydrogen (secondary N) is 1. The number of halogens is 1. The van der Waals surface area contributed by atoms with Crippen molar-refractivity contribution in [2.45, 2.75) is 38.6 Å². The summed E-state index contributed by atoms with van der Waals surface area (Å²) in [5, 5.41) is 3.53. The summed E-state index contributed by atoms with van der Waals surface area (Å²) in [7, 11) is 0. The molecule has 0 aliphatic heterocycles. The highest BCUT2D eigenvalue weighted by Crippen LogP contribution is 2.25. The second kappa shape index (κ2) is 6.86. The SMILES string of the molecule is CCC(NCC(C)(C)c1ccccc1)c1ccccc1F. The summed E-state index contributed by atoms with van der Waals surface area (Å²) in [4.78, 5) is 0. The lowest BCUT2D eigenvalue weighted by atomic mass is 9.84. The first kappa shape index (κ1) is 15.7. The van der Waals surface area contributed by atoms with Gasteiger partial charge >= 0.3 is 0 Å². The zero-order valence-electron chi connectivity index (χ0n) is 13.1. The van der Waals surface area contributed by atoms with E-state index in [1.165, 1.54) is 11.6 Å². The zero-order valence-corrected chi connectivity index (χ0v) is 13.1. The van der Waals surface area contributed by atoms with Gasteiger partial charge in [-0.05, 0) is 18.1 Å². The molecule has 0 bridgehead atoms. The van der Waals surface area contributed by atoms with Crippen LogP contribution in [0.15, 0.2) is 54.6 Å². The minimum Gasteiger partial charge on any atom is -0.309 e. The highest BCUT2D eigenvalue weighted by Gasteiger charge is 2.22. The molecule has 0 saturated heterocycles. The summed E-state index contributed by atoms with van der Waals surface area (Å²) in [6.07, 6.45) is 0.867. The maximum absolute atomic E-state index is 13.9. The van der Waals surface area contributed by atoms with Gasteiger partial charge in [-0.2, -0.15) is 0 Å². The average Bonchev–Trinajstić information content (AvgIpc) is 2.50. The molecule has 0 aliphatic rings. The molecule has 2 rings (SSSR count). The lowest BCUT2D eigenvalue weighted by Gasteiger charge is -2.29. The molecule has 0 spiro atoms. The molecule has 112 valence electrons. The van der Waals surface area contributed by atoms with Crippen LogP contribution in [0.4, 0.5) is 4.39 Å². The molecule has 1 unspecified atom stereocenters. The molecule has 1 atom stereocenters. The molecule has 0 aromatic heterocycles. The van der Waals surface area contributed by atoms with Crippen LogP contribution in [0.3, 0.4) is 0 Å². The second-order valence-electron chi connectivity index (χ2n) is 6.11. The van der Waals surface area contributed by atoms with Crippen LogP contribution in [0.25, 0.3) is 0 Å². The van der Waals surface area contributed by atoms with Crippen molar-refractivity contribution in [3.63, 3.8) is 0 Å². The molecule has 2 heteroatoms. The summed E-state index contributed by atoms with van der Waals surface area (Å²) in [5.41, 5.74) is 2.06. The Bertz CT molecular complexity index is 563. The van der Waals surface area contributed by atoms with Crippen molar-refractivity contribution < 1.29 is 4.39 Å². The molecule has 0 aliphatic carbocycles. The average molecular weight is 285 g/mol. The summed E-state index contributed by atoms with van der Waals surface area (Å²) < 4.78 is 13.9. The van der Waals surface area contributed by atoms with Crippen LogP contribution < -0.4 is 5.32 Å². The van der Waals surface area contributed by atoms with Crippen LogP contribution in [0, 0.1) is 5.82 Å². The molecule has 0 saturated carbocycles. The Morgan fingerprint density at radius 3 is 2.24 bits per heavy atom.